The summed E-state index contributed by atoms with van der Waals surface area (Å²) in [5.41, 5.74) is 3.68. The van der Waals surface area contributed by atoms with E-state index in [1.54, 1.807) is 6.92 Å². The molecule has 2 heterocycles. The molecular weight excluding hydrogens is 311 g/mol. The van der Waals surface area contributed by atoms with Crippen LogP contribution in [0.1, 0.15) is 30.2 Å². The van der Waals surface area contributed by atoms with Gasteiger partial charge in [0.25, 0.3) is 5.91 Å². The maximum absolute atomic E-state index is 13.1. The summed E-state index contributed by atoms with van der Waals surface area (Å²) in [4.78, 5) is 17.6. The van der Waals surface area contributed by atoms with Crippen LogP contribution in [0.25, 0.3) is 0 Å². The fourth-order valence-electron chi connectivity index (χ4n) is 2.62. The van der Waals surface area contributed by atoms with Gasteiger partial charge in [0.15, 0.2) is 0 Å². The van der Waals surface area contributed by atoms with Gasteiger partial charge in [0.1, 0.15) is 5.82 Å². The molecule has 0 spiro atoms. The number of anilines is 1. The van der Waals surface area contributed by atoms with Crippen LogP contribution in [0.4, 0.5) is 10.1 Å². The number of aromatic nitrogens is 2. The van der Waals surface area contributed by atoms with Crippen molar-refractivity contribution in [3.63, 3.8) is 0 Å². The van der Waals surface area contributed by atoms with Crippen molar-refractivity contribution in [2.45, 2.75) is 39.8 Å². The van der Waals surface area contributed by atoms with E-state index in [-0.39, 0.29) is 11.7 Å². The summed E-state index contributed by atoms with van der Waals surface area (Å²) in [6.07, 6.45) is 1.58. The number of carbonyl (C=O) groups is 1. The Morgan fingerprint density at radius 2 is 2.25 bits per heavy atom. The van der Waals surface area contributed by atoms with Crippen LogP contribution in [0.15, 0.2) is 29.6 Å². The van der Waals surface area contributed by atoms with E-state index in [9.17, 15) is 9.18 Å². The zero-order chi connectivity index (χ0) is 17.3. The van der Waals surface area contributed by atoms with E-state index in [0.29, 0.717) is 23.4 Å². The van der Waals surface area contributed by atoms with E-state index in [2.05, 4.69) is 15.6 Å². The smallest absolute Gasteiger partial charge is 0.268 e. The lowest BCUT2D eigenvalue weighted by Gasteiger charge is -2.11. The Morgan fingerprint density at radius 3 is 2.92 bits per heavy atom. The summed E-state index contributed by atoms with van der Waals surface area (Å²) in [5, 5.41) is 11.2. The highest BCUT2D eigenvalue weighted by atomic mass is 19.1. The molecule has 1 aromatic carbocycles. The topological polar surface area (TPSA) is 68.5 Å². The molecule has 2 aromatic rings. The second kappa shape index (κ2) is 6.43. The number of amides is 1. The molecule has 3 rings (SSSR count). The number of halogens is 1. The third-order valence-corrected chi connectivity index (χ3v) is 3.99. The lowest BCUT2D eigenvalue weighted by Crippen LogP contribution is -2.28. The first-order chi connectivity index (χ1) is 11.5. The first kappa shape index (κ1) is 16.2. The van der Waals surface area contributed by atoms with Crippen LogP contribution in [0, 0.1) is 19.7 Å². The highest BCUT2D eigenvalue weighted by molar-refractivity contribution is 6.06. The molecule has 24 heavy (non-hydrogen) atoms. The Balaban J connectivity index is 1.67. The highest BCUT2D eigenvalue weighted by Gasteiger charge is 2.30. The van der Waals surface area contributed by atoms with E-state index >= 15 is 0 Å². The molecule has 0 saturated carbocycles. The standard InChI is InChI=1S/C17H19FN4O2/c1-4-22-9-13(11(3)20-22)15-8-16(24-21-15)17(23)19-14-6-5-12(18)7-10(14)2/h5-7,9,16H,4,8H2,1-3H3,(H,19,23)/t16-/m1/s1. The zero-order valence-corrected chi connectivity index (χ0v) is 13.8. The quantitative estimate of drug-likeness (QED) is 0.937. The molecule has 0 radical (unpaired) electrons. The number of aryl methyl sites for hydroxylation is 3. The molecule has 7 heteroatoms. The largest absolute Gasteiger partial charge is 0.382 e. The Hall–Kier alpha value is -2.70. The van der Waals surface area contributed by atoms with Crippen LogP contribution in [-0.2, 0) is 16.2 Å². The van der Waals surface area contributed by atoms with Gasteiger partial charge in [-0.2, -0.15) is 5.10 Å². The average Bonchev–Trinajstić information content (AvgIpc) is 3.16. The molecule has 126 valence electrons. The summed E-state index contributed by atoms with van der Waals surface area (Å²) < 4.78 is 15.0. The minimum atomic E-state index is -0.700. The number of nitrogens with zero attached hydrogens (tertiary/aromatic N) is 3. The van der Waals surface area contributed by atoms with E-state index < -0.39 is 6.10 Å². The number of nitrogens with one attached hydrogen (secondary N) is 1. The van der Waals surface area contributed by atoms with Gasteiger partial charge < -0.3 is 10.2 Å². The minimum Gasteiger partial charge on any atom is -0.382 e. The van der Waals surface area contributed by atoms with E-state index in [1.807, 2.05) is 24.7 Å². The van der Waals surface area contributed by atoms with Gasteiger partial charge in [-0.05, 0) is 44.5 Å². The van der Waals surface area contributed by atoms with Gasteiger partial charge in [-0.15, -0.1) is 0 Å². The fourth-order valence-corrected chi connectivity index (χ4v) is 2.62. The van der Waals surface area contributed by atoms with Crippen molar-refractivity contribution in [1.29, 1.82) is 0 Å². The third-order valence-electron chi connectivity index (χ3n) is 3.99. The SMILES string of the molecule is CCn1cc(C2=NO[C@@H](C(=O)Nc3ccc(F)cc3C)C2)c(C)n1. The Bertz CT molecular complexity index is 813. The van der Waals surface area contributed by atoms with Gasteiger partial charge in [-0.25, -0.2) is 4.39 Å². The highest BCUT2D eigenvalue weighted by Crippen LogP contribution is 2.21. The molecule has 1 aliphatic heterocycles. The van der Waals surface area contributed by atoms with Crippen molar-refractivity contribution < 1.29 is 14.0 Å². The minimum absolute atomic E-state index is 0.302. The summed E-state index contributed by atoms with van der Waals surface area (Å²) in [7, 11) is 0. The molecule has 6 nitrogen and oxygen atoms in total. The van der Waals surface area contributed by atoms with E-state index in [1.165, 1.54) is 18.2 Å². The van der Waals surface area contributed by atoms with Crippen LogP contribution in [0.3, 0.4) is 0 Å². The number of benzene rings is 1. The zero-order valence-electron chi connectivity index (χ0n) is 13.8. The number of hydrogen-bond donors (Lipinski definition) is 1. The van der Waals surface area contributed by atoms with Gasteiger partial charge in [0.05, 0.1) is 11.4 Å². The first-order valence-electron chi connectivity index (χ1n) is 7.82. The van der Waals surface area contributed by atoms with Crippen LogP contribution < -0.4 is 5.32 Å². The third kappa shape index (κ3) is 3.15. The van der Waals surface area contributed by atoms with Crippen LogP contribution in [0.5, 0.6) is 0 Å². The van der Waals surface area contributed by atoms with Crippen molar-refractivity contribution in [3.8, 4) is 0 Å². The fraction of sp³-hybridized carbons (Fsp3) is 0.353. The Labute approximate surface area is 139 Å². The molecule has 1 atom stereocenters. The van der Waals surface area contributed by atoms with E-state index in [4.69, 9.17) is 4.84 Å². The molecular formula is C17H19FN4O2. The lowest BCUT2D eigenvalue weighted by atomic mass is 10.1. The van der Waals surface area contributed by atoms with Crippen molar-refractivity contribution in [3.05, 3.63) is 47.0 Å². The molecule has 0 fully saturated rings. The second-order valence-electron chi connectivity index (χ2n) is 5.77. The van der Waals surface area contributed by atoms with Crippen molar-refractivity contribution in [1.82, 2.24) is 9.78 Å². The number of oxime groups is 1. The van der Waals surface area contributed by atoms with Crippen molar-refractivity contribution in [2.75, 3.05) is 5.32 Å². The summed E-state index contributed by atoms with van der Waals surface area (Å²) >= 11 is 0. The van der Waals surface area contributed by atoms with Crippen LogP contribution in [0.2, 0.25) is 0 Å². The summed E-state index contributed by atoms with van der Waals surface area (Å²) in [6.45, 7) is 6.41. The predicted octanol–water partition coefficient (Wildman–Crippen LogP) is 2.79. The molecule has 0 aliphatic carbocycles. The summed E-state index contributed by atoms with van der Waals surface area (Å²) in [5.74, 6) is -0.638. The molecule has 0 bridgehead atoms. The monoisotopic (exact) mass is 330 g/mol. The molecule has 0 unspecified atom stereocenters. The molecule has 1 N–H and O–H groups in total. The van der Waals surface area contributed by atoms with Gasteiger partial charge in [-0.3, -0.25) is 9.48 Å². The number of rotatable bonds is 4. The number of carbonyl (C=O) groups excluding carboxylic acids is 1. The molecule has 0 saturated heterocycles. The molecule has 1 amide bonds. The van der Waals surface area contributed by atoms with Gasteiger partial charge in [0.2, 0.25) is 6.10 Å². The Kier molecular flexibility index (Phi) is 4.33. The normalized spacial score (nSPS) is 16.7. The number of hydrogen-bond acceptors (Lipinski definition) is 4. The first-order valence-corrected chi connectivity index (χ1v) is 7.82. The van der Waals surface area contributed by atoms with Gasteiger partial charge in [0, 0.05) is 30.4 Å². The van der Waals surface area contributed by atoms with Gasteiger partial charge >= 0.3 is 0 Å². The van der Waals surface area contributed by atoms with Crippen LogP contribution in [-0.4, -0.2) is 27.5 Å². The second-order valence-corrected chi connectivity index (χ2v) is 5.77. The predicted molar refractivity (Wildman–Crippen MR) is 88.4 cm³/mol. The van der Waals surface area contributed by atoms with Crippen molar-refractivity contribution in [2.24, 2.45) is 5.16 Å². The molecule has 1 aliphatic rings. The van der Waals surface area contributed by atoms with Crippen molar-refractivity contribution >= 4 is 17.3 Å². The maximum Gasteiger partial charge on any atom is 0.268 e. The van der Waals surface area contributed by atoms with Crippen LogP contribution >= 0.6 is 0 Å². The van der Waals surface area contributed by atoms with Gasteiger partial charge in [-0.1, -0.05) is 5.16 Å². The van der Waals surface area contributed by atoms with E-state index in [0.717, 1.165) is 17.8 Å². The average molecular weight is 330 g/mol. The summed E-state index contributed by atoms with van der Waals surface area (Å²) in [6, 6.07) is 4.22. The lowest BCUT2D eigenvalue weighted by molar-refractivity contribution is -0.125. The Morgan fingerprint density at radius 1 is 1.46 bits per heavy atom. The molecule has 1 aromatic heterocycles. The maximum atomic E-state index is 13.1.